The molecular formula is C25H23N. The first kappa shape index (κ1) is 16.4. The molecule has 128 valence electrons. The quantitative estimate of drug-likeness (QED) is 0.417. The lowest BCUT2D eigenvalue weighted by molar-refractivity contribution is 1.29. The molecule has 0 aliphatic heterocycles. The third-order valence-corrected chi connectivity index (χ3v) is 4.91. The molecule has 1 aromatic heterocycles. The van der Waals surface area contributed by atoms with Crippen molar-refractivity contribution < 1.29 is 0 Å². The van der Waals surface area contributed by atoms with Crippen LogP contribution in [0.2, 0.25) is 0 Å². The van der Waals surface area contributed by atoms with E-state index in [2.05, 4.69) is 105 Å². The highest BCUT2D eigenvalue weighted by Gasteiger charge is 2.15. The minimum Gasteiger partial charge on any atom is -0.354 e. The first-order valence-electron chi connectivity index (χ1n) is 9.05. The van der Waals surface area contributed by atoms with Crippen LogP contribution in [0.25, 0.3) is 33.6 Å². The van der Waals surface area contributed by atoms with Gasteiger partial charge in [-0.3, -0.25) is 0 Å². The average Bonchev–Trinajstić information content (AvgIpc) is 3.07. The minimum atomic E-state index is 1.17. The van der Waals surface area contributed by atoms with Crippen molar-refractivity contribution in [2.75, 3.05) is 0 Å². The molecule has 0 unspecified atom stereocenters. The molecule has 1 heteroatoms. The normalized spacial score (nSPS) is 10.9. The molecular weight excluding hydrogens is 314 g/mol. The first-order chi connectivity index (χ1) is 12.6. The molecule has 4 rings (SSSR count). The molecule has 0 fully saturated rings. The van der Waals surface area contributed by atoms with Gasteiger partial charge in [0.05, 0.1) is 5.69 Å². The summed E-state index contributed by atoms with van der Waals surface area (Å²) in [5.74, 6) is 0. The molecule has 26 heavy (non-hydrogen) atoms. The van der Waals surface area contributed by atoms with Gasteiger partial charge in [0.25, 0.3) is 0 Å². The molecule has 0 atom stereocenters. The molecule has 0 spiro atoms. The van der Waals surface area contributed by atoms with Gasteiger partial charge in [0.1, 0.15) is 0 Å². The second-order valence-corrected chi connectivity index (χ2v) is 6.98. The summed E-state index contributed by atoms with van der Waals surface area (Å²) >= 11 is 0. The van der Waals surface area contributed by atoms with E-state index in [0.29, 0.717) is 0 Å². The molecule has 0 saturated carbocycles. The van der Waals surface area contributed by atoms with Gasteiger partial charge in [-0.15, -0.1) is 0 Å². The maximum absolute atomic E-state index is 3.71. The van der Waals surface area contributed by atoms with Gasteiger partial charge in [-0.05, 0) is 49.1 Å². The van der Waals surface area contributed by atoms with Crippen LogP contribution in [0.5, 0.6) is 0 Å². The minimum absolute atomic E-state index is 1.17. The fraction of sp³-hybridized carbons (Fsp3) is 0.120. The number of aromatic amines is 1. The van der Waals surface area contributed by atoms with E-state index < -0.39 is 0 Å². The Balaban J connectivity index is 1.96. The maximum Gasteiger partial charge on any atom is 0.0538 e. The molecule has 3 aromatic carbocycles. The number of aromatic nitrogens is 1. The van der Waals surface area contributed by atoms with Gasteiger partial charge in [-0.25, -0.2) is 0 Å². The monoisotopic (exact) mass is 337 g/mol. The summed E-state index contributed by atoms with van der Waals surface area (Å²) in [6, 6.07) is 28.0. The lowest BCUT2D eigenvalue weighted by atomic mass is 9.96. The van der Waals surface area contributed by atoms with E-state index in [9.17, 15) is 0 Å². The fourth-order valence-corrected chi connectivity index (χ4v) is 3.87. The van der Waals surface area contributed by atoms with Gasteiger partial charge < -0.3 is 4.98 Å². The first-order valence-corrected chi connectivity index (χ1v) is 9.05. The van der Waals surface area contributed by atoms with E-state index in [1.807, 2.05) is 0 Å². The Kier molecular flexibility index (Phi) is 4.22. The van der Waals surface area contributed by atoms with Gasteiger partial charge in [0.15, 0.2) is 0 Å². The molecule has 0 aliphatic carbocycles. The van der Waals surface area contributed by atoms with Crippen molar-refractivity contribution in [3.8, 4) is 33.6 Å². The molecule has 0 amide bonds. The van der Waals surface area contributed by atoms with Crippen molar-refractivity contribution in [1.82, 2.24) is 4.98 Å². The van der Waals surface area contributed by atoms with Gasteiger partial charge in [0.2, 0.25) is 0 Å². The van der Waals surface area contributed by atoms with Crippen molar-refractivity contribution in [1.29, 1.82) is 0 Å². The summed E-state index contributed by atoms with van der Waals surface area (Å²) < 4.78 is 0. The van der Waals surface area contributed by atoms with Crippen LogP contribution in [0.4, 0.5) is 0 Å². The largest absolute Gasteiger partial charge is 0.354 e. The topological polar surface area (TPSA) is 15.8 Å². The number of aryl methyl sites for hydroxylation is 3. The van der Waals surface area contributed by atoms with Gasteiger partial charge in [-0.2, -0.15) is 0 Å². The third kappa shape index (κ3) is 2.97. The zero-order chi connectivity index (χ0) is 18.1. The standard InChI is InChI=1S/C25H23N/c1-17-14-18(2)24(19(3)15-17)23-16-22(20-10-6-4-7-11-20)25(26-23)21-12-8-5-9-13-21/h4-16,26H,1-3H3. The van der Waals surface area contributed by atoms with Crippen LogP contribution in [-0.4, -0.2) is 4.98 Å². The number of nitrogens with one attached hydrogen (secondary N) is 1. The molecule has 4 aromatic rings. The van der Waals surface area contributed by atoms with Gasteiger partial charge >= 0.3 is 0 Å². The SMILES string of the molecule is Cc1cc(C)c(-c2cc(-c3ccccc3)c(-c3ccccc3)[nH]2)c(C)c1. The van der Waals surface area contributed by atoms with Crippen molar-refractivity contribution in [3.05, 3.63) is 95.6 Å². The van der Waals surface area contributed by atoms with Crippen LogP contribution in [0, 0.1) is 20.8 Å². The van der Waals surface area contributed by atoms with E-state index in [0.717, 1.165) is 0 Å². The number of benzene rings is 3. The summed E-state index contributed by atoms with van der Waals surface area (Å²) in [6.07, 6.45) is 0. The molecule has 0 bridgehead atoms. The Morgan fingerprint density at radius 2 is 1.15 bits per heavy atom. The highest BCUT2D eigenvalue weighted by molar-refractivity contribution is 5.87. The summed E-state index contributed by atoms with van der Waals surface area (Å²) in [4.78, 5) is 3.71. The van der Waals surface area contributed by atoms with Crippen LogP contribution in [-0.2, 0) is 0 Å². The number of hydrogen-bond acceptors (Lipinski definition) is 0. The fourth-order valence-electron chi connectivity index (χ4n) is 3.87. The molecule has 1 nitrogen and oxygen atoms in total. The lowest BCUT2D eigenvalue weighted by Crippen LogP contribution is -1.90. The van der Waals surface area contributed by atoms with E-state index in [-0.39, 0.29) is 0 Å². The van der Waals surface area contributed by atoms with E-state index >= 15 is 0 Å². The van der Waals surface area contributed by atoms with Gasteiger partial charge in [0, 0.05) is 16.8 Å². The van der Waals surface area contributed by atoms with Crippen molar-refractivity contribution in [2.45, 2.75) is 20.8 Å². The van der Waals surface area contributed by atoms with Gasteiger partial charge in [-0.1, -0.05) is 78.4 Å². The second kappa shape index (κ2) is 6.68. The van der Waals surface area contributed by atoms with Crippen LogP contribution < -0.4 is 0 Å². The Morgan fingerprint density at radius 3 is 1.73 bits per heavy atom. The Hall–Kier alpha value is -3.06. The van der Waals surface area contributed by atoms with E-state index in [1.165, 1.54) is 50.3 Å². The smallest absolute Gasteiger partial charge is 0.0538 e. The highest BCUT2D eigenvalue weighted by atomic mass is 14.7. The Morgan fingerprint density at radius 1 is 0.615 bits per heavy atom. The van der Waals surface area contributed by atoms with E-state index in [1.54, 1.807) is 0 Å². The maximum atomic E-state index is 3.71. The predicted molar refractivity (Wildman–Crippen MR) is 111 cm³/mol. The van der Waals surface area contributed by atoms with Crippen LogP contribution in [0.3, 0.4) is 0 Å². The van der Waals surface area contributed by atoms with Crippen molar-refractivity contribution >= 4 is 0 Å². The Labute approximate surface area is 155 Å². The summed E-state index contributed by atoms with van der Waals surface area (Å²) in [5.41, 5.74) is 11.3. The molecule has 1 heterocycles. The van der Waals surface area contributed by atoms with Crippen molar-refractivity contribution in [2.24, 2.45) is 0 Å². The van der Waals surface area contributed by atoms with E-state index in [4.69, 9.17) is 0 Å². The van der Waals surface area contributed by atoms with Crippen LogP contribution in [0.1, 0.15) is 16.7 Å². The third-order valence-electron chi connectivity index (χ3n) is 4.91. The van der Waals surface area contributed by atoms with Crippen LogP contribution >= 0.6 is 0 Å². The summed E-state index contributed by atoms with van der Waals surface area (Å²) in [7, 11) is 0. The zero-order valence-electron chi connectivity index (χ0n) is 15.5. The van der Waals surface area contributed by atoms with Crippen LogP contribution in [0.15, 0.2) is 78.9 Å². The number of hydrogen-bond donors (Lipinski definition) is 1. The second-order valence-electron chi connectivity index (χ2n) is 6.98. The Bertz CT molecular complexity index is 960. The summed E-state index contributed by atoms with van der Waals surface area (Å²) in [6.45, 7) is 6.55. The molecule has 0 saturated heterocycles. The van der Waals surface area contributed by atoms with Crippen molar-refractivity contribution in [3.63, 3.8) is 0 Å². The molecule has 0 radical (unpaired) electrons. The summed E-state index contributed by atoms with van der Waals surface area (Å²) in [5, 5.41) is 0. The number of H-pyrrole nitrogens is 1. The lowest BCUT2D eigenvalue weighted by Gasteiger charge is -2.10. The highest BCUT2D eigenvalue weighted by Crippen LogP contribution is 2.37. The number of rotatable bonds is 3. The molecule has 0 aliphatic rings. The average molecular weight is 337 g/mol. The predicted octanol–water partition coefficient (Wildman–Crippen LogP) is 6.94. The zero-order valence-corrected chi connectivity index (χ0v) is 15.5. The molecule has 1 N–H and O–H groups in total.